The van der Waals surface area contributed by atoms with Gasteiger partial charge in [0.05, 0.1) is 15.7 Å². The fourth-order valence-electron chi connectivity index (χ4n) is 1.39. The zero-order valence-electron chi connectivity index (χ0n) is 10.0. The van der Waals surface area contributed by atoms with Crippen LogP contribution < -0.4 is 5.32 Å². The molecule has 9 heteroatoms. The van der Waals surface area contributed by atoms with Crippen LogP contribution in [0.1, 0.15) is 6.42 Å². The maximum atomic E-state index is 13.2. The molecular formula is C10H12ClFN2O4S. The van der Waals surface area contributed by atoms with E-state index in [1.54, 1.807) is 0 Å². The number of nitro groups is 1. The van der Waals surface area contributed by atoms with Crippen molar-refractivity contribution in [3.8, 4) is 0 Å². The van der Waals surface area contributed by atoms with Gasteiger partial charge in [-0.25, -0.2) is 12.8 Å². The first kappa shape index (κ1) is 15.6. The van der Waals surface area contributed by atoms with Gasteiger partial charge in [-0.2, -0.15) is 0 Å². The molecule has 19 heavy (non-hydrogen) atoms. The second kappa shape index (κ2) is 6.16. The van der Waals surface area contributed by atoms with Gasteiger partial charge >= 0.3 is 0 Å². The Morgan fingerprint density at radius 2 is 2.11 bits per heavy atom. The summed E-state index contributed by atoms with van der Waals surface area (Å²) >= 11 is 5.46. The molecule has 0 aromatic heterocycles. The van der Waals surface area contributed by atoms with Crippen LogP contribution in [0.4, 0.5) is 15.8 Å². The lowest BCUT2D eigenvalue weighted by Gasteiger charge is -2.07. The second-order valence-electron chi connectivity index (χ2n) is 3.95. The number of benzene rings is 1. The van der Waals surface area contributed by atoms with Crippen molar-refractivity contribution in [2.75, 3.05) is 23.9 Å². The van der Waals surface area contributed by atoms with E-state index >= 15 is 0 Å². The number of rotatable bonds is 6. The van der Waals surface area contributed by atoms with Gasteiger partial charge in [0.2, 0.25) is 0 Å². The van der Waals surface area contributed by atoms with Gasteiger partial charge in [0.1, 0.15) is 21.3 Å². The summed E-state index contributed by atoms with van der Waals surface area (Å²) in [5.41, 5.74) is -0.383. The van der Waals surface area contributed by atoms with Gasteiger partial charge in [0.25, 0.3) is 5.69 Å². The van der Waals surface area contributed by atoms with E-state index in [9.17, 15) is 22.9 Å². The van der Waals surface area contributed by atoms with Crippen molar-refractivity contribution in [1.29, 1.82) is 0 Å². The maximum absolute atomic E-state index is 13.2. The van der Waals surface area contributed by atoms with E-state index in [1.165, 1.54) is 0 Å². The second-order valence-corrected chi connectivity index (χ2v) is 6.62. The van der Waals surface area contributed by atoms with Crippen molar-refractivity contribution in [3.05, 3.63) is 33.1 Å². The molecule has 0 amide bonds. The highest BCUT2D eigenvalue weighted by Gasteiger charge is 2.17. The molecule has 0 aliphatic heterocycles. The first-order valence-electron chi connectivity index (χ1n) is 5.26. The van der Waals surface area contributed by atoms with Crippen molar-refractivity contribution in [3.63, 3.8) is 0 Å². The predicted octanol–water partition coefficient (Wildman–Crippen LogP) is 2.23. The van der Waals surface area contributed by atoms with Gasteiger partial charge in [-0.15, -0.1) is 0 Å². The molecule has 0 saturated heterocycles. The lowest BCUT2D eigenvalue weighted by atomic mass is 10.2. The van der Waals surface area contributed by atoms with E-state index in [1.807, 2.05) is 0 Å². The fraction of sp³-hybridized carbons (Fsp3) is 0.400. The molecule has 0 saturated carbocycles. The van der Waals surface area contributed by atoms with Crippen LogP contribution in [0.5, 0.6) is 0 Å². The van der Waals surface area contributed by atoms with Gasteiger partial charge in [0, 0.05) is 24.9 Å². The highest BCUT2D eigenvalue weighted by Crippen LogP contribution is 2.30. The highest BCUT2D eigenvalue weighted by molar-refractivity contribution is 7.90. The molecule has 0 unspecified atom stereocenters. The van der Waals surface area contributed by atoms with Gasteiger partial charge in [-0.3, -0.25) is 10.1 Å². The van der Waals surface area contributed by atoms with Crippen LogP contribution in [-0.4, -0.2) is 31.9 Å². The summed E-state index contributed by atoms with van der Waals surface area (Å²) in [6.07, 6.45) is 1.36. The quantitative estimate of drug-likeness (QED) is 0.494. The third-order valence-electron chi connectivity index (χ3n) is 2.24. The number of anilines is 1. The molecule has 1 rings (SSSR count). The van der Waals surface area contributed by atoms with Crippen molar-refractivity contribution < 1.29 is 17.7 Å². The molecular weight excluding hydrogens is 299 g/mol. The molecule has 1 N–H and O–H groups in total. The van der Waals surface area contributed by atoms with Crippen LogP contribution >= 0.6 is 11.6 Å². The van der Waals surface area contributed by atoms with Crippen LogP contribution in [-0.2, 0) is 9.84 Å². The number of nitrogens with one attached hydrogen (secondary N) is 1. The average Bonchev–Trinajstić information content (AvgIpc) is 2.27. The summed E-state index contributed by atoms with van der Waals surface area (Å²) in [6, 6.07) is 1.83. The Morgan fingerprint density at radius 3 is 2.63 bits per heavy atom. The van der Waals surface area contributed by atoms with Crippen LogP contribution in [0.25, 0.3) is 0 Å². The molecule has 0 aliphatic carbocycles. The molecule has 6 nitrogen and oxygen atoms in total. The third kappa shape index (κ3) is 4.99. The SMILES string of the molecule is CS(=O)(=O)CCCNc1cc(F)c(Cl)cc1[N+](=O)[O-]. The third-order valence-corrected chi connectivity index (χ3v) is 3.56. The van der Waals surface area contributed by atoms with E-state index in [2.05, 4.69) is 5.32 Å². The lowest BCUT2D eigenvalue weighted by Crippen LogP contribution is -2.10. The van der Waals surface area contributed by atoms with E-state index in [-0.39, 0.29) is 35.1 Å². The summed E-state index contributed by atoms with van der Waals surface area (Å²) in [5, 5.41) is 13.1. The minimum atomic E-state index is -3.09. The Balaban J connectivity index is 2.77. The van der Waals surface area contributed by atoms with Crippen molar-refractivity contribution in [2.45, 2.75) is 6.42 Å². The van der Waals surface area contributed by atoms with Crippen LogP contribution in [0, 0.1) is 15.9 Å². The van der Waals surface area contributed by atoms with Crippen LogP contribution in [0.15, 0.2) is 12.1 Å². The highest BCUT2D eigenvalue weighted by atomic mass is 35.5. The Labute approximate surface area is 114 Å². The lowest BCUT2D eigenvalue weighted by molar-refractivity contribution is -0.384. The average molecular weight is 311 g/mol. The summed E-state index contributed by atoms with van der Waals surface area (Å²) in [7, 11) is -3.09. The zero-order chi connectivity index (χ0) is 14.6. The molecule has 0 radical (unpaired) electrons. The fourth-order valence-corrected chi connectivity index (χ4v) is 2.21. The molecule has 106 valence electrons. The molecule has 0 aliphatic rings. The molecule has 1 aromatic rings. The topological polar surface area (TPSA) is 89.3 Å². The summed E-state index contributed by atoms with van der Waals surface area (Å²) < 4.78 is 35.0. The number of halogens is 2. The van der Waals surface area contributed by atoms with Gasteiger partial charge in [0.15, 0.2) is 0 Å². The Kier molecular flexibility index (Phi) is 5.07. The normalized spacial score (nSPS) is 11.3. The minimum absolute atomic E-state index is 0.0274. The Morgan fingerprint density at radius 1 is 1.47 bits per heavy atom. The molecule has 0 heterocycles. The molecule has 0 bridgehead atoms. The maximum Gasteiger partial charge on any atom is 0.294 e. The van der Waals surface area contributed by atoms with Gasteiger partial charge in [-0.05, 0) is 6.42 Å². The van der Waals surface area contributed by atoms with Crippen molar-refractivity contribution in [1.82, 2.24) is 0 Å². The van der Waals surface area contributed by atoms with Gasteiger partial charge < -0.3 is 5.32 Å². The largest absolute Gasteiger partial charge is 0.379 e. The number of hydrogen-bond donors (Lipinski definition) is 1. The zero-order valence-corrected chi connectivity index (χ0v) is 11.6. The van der Waals surface area contributed by atoms with E-state index < -0.39 is 20.6 Å². The standard InChI is InChI=1S/C10H12ClFN2O4S/c1-19(17,18)4-2-3-13-9-6-8(12)7(11)5-10(9)14(15)16/h5-6,13H,2-4H2,1H3. The Hall–Kier alpha value is -1.41. The number of sulfone groups is 1. The Bertz CT molecular complexity index is 591. The van der Waals surface area contributed by atoms with Crippen molar-refractivity contribution >= 4 is 32.8 Å². The number of hydrogen-bond acceptors (Lipinski definition) is 5. The molecule has 0 fully saturated rings. The van der Waals surface area contributed by atoms with E-state index in [0.717, 1.165) is 18.4 Å². The van der Waals surface area contributed by atoms with E-state index in [0.29, 0.717) is 0 Å². The van der Waals surface area contributed by atoms with Crippen LogP contribution in [0.2, 0.25) is 5.02 Å². The minimum Gasteiger partial charge on any atom is -0.379 e. The number of nitrogens with zero attached hydrogens (tertiary/aromatic N) is 1. The van der Waals surface area contributed by atoms with Crippen LogP contribution in [0.3, 0.4) is 0 Å². The summed E-state index contributed by atoms with van der Waals surface area (Å²) in [5.74, 6) is -0.831. The number of nitro benzene ring substituents is 1. The first-order chi connectivity index (χ1) is 8.70. The van der Waals surface area contributed by atoms with Gasteiger partial charge in [-0.1, -0.05) is 11.6 Å². The van der Waals surface area contributed by atoms with Crippen molar-refractivity contribution in [2.24, 2.45) is 0 Å². The first-order valence-corrected chi connectivity index (χ1v) is 7.69. The monoisotopic (exact) mass is 310 g/mol. The summed E-state index contributed by atoms with van der Waals surface area (Å²) in [6.45, 7) is 0.176. The molecule has 0 atom stereocenters. The smallest absolute Gasteiger partial charge is 0.294 e. The molecule has 0 spiro atoms. The summed E-state index contributed by atoms with van der Waals surface area (Å²) in [4.78, 5) is 10.1. The predicted molar refractivity (Wildman–Crippen MR) is 70.9 cm³/mol. The molecule has 1 aromatic carbocycles. The van der Waals surface area contributed by atoms with E-state index in [4.69, 9.17) is 11.6 Å².